The number of aromatic nitrogens is 1. The molecule has 4 aliphatic rings. The van der Waals surface area contributed by atoms with Crippen molar-refractivity contribution in [2.24, 2.45) is 5.41 Å². The minimum Gasteiger partial charge on any atom is -0.369 e. The molecule has 9 heteroatoms. The third kappa shape index (κ3) is 4.41. The van der Waals surface area contributed by atoms with E-state index in [4.69, 9.17) is 0 Å². The summed E-state index contributed by atoms with van der Waals surface area (Å²) in [5.41, 5.74) is 2.31. The summed E-state index contributed by atoms with van der Waals surface area (Å²) in [4.78, 5) is 36.5. The number of carbonyl (C=O) groups excluding carboxylic acids is 2. The van der Waals surface area contributed by atoms with E-state index in [-0.39, 0.29) is 24.0 Å². The second-order valence-corrected chi connectivity index (χ2v) is 10.8. The molecule has 190 valence electrons. The second kappa shape index (κ2) is 10.1. The number of fused-ring (bicyclic) bond motifs is 1. The van der Waals surface area contributed by atoms with Gasteiger partial charge >= 0.3 is 6.03 Å². The molecule has 4 heterocycles. The van der Waals surface area contributed by atoms with E-state index in [1.54, 1.807) is 28.3 Å². The third-order valence-corrected chi connectivity index (χ3v) is 8.52. The number of anilines is 1. The van der Waals surface area contributed by atoms with E-state index in [2.05, 4.69) is 27.1 Å². The Hall–Kier alpha value is -3.17. The van der Waals surface area contributed by atoms with E-state index in [9.17, 15) is 9.59 Å². The summed E-state index contributed by atoms with van der Waals surface area (Å²) < 4.78 is 0. The summed E-state index contributed by atoms with van der Waals surface area (Å²) in [6.07, 6.45) is 17.1. The number of likely N-dealkylation sites (tertiary alicyclic amines) is 1. The Bertz CT molecular complexity index is 1160. The molecular formula is C27H34N6O2S. The first-order valence-corrected chi connectivity index (χ1v) is 13.5. The van der Waals surface area contributed by atoms with Gasteiger partial charge in [0.15, 0.2) is 5.13 Å². The molecule has 0 saturated carbocycles. The fraction of sp³-hybridized carbons (Fsp3) is 0.444. The first-order valence-electron chi connectivity index (χ1n) is 12.6. The predicted molar refractivity (Wildman–Crippen MR) is 144 cm³/mol. The summed E-state index contributed by atoms with van der Waals surface area (Å²) in [5, 5.41) is 8.85. The average Bonchev–Trinajstić information content (AvgIpc) is 3.61. The summed E-state index contributed by atoms with van der Waals surface area (Å²) in [5.74, 6) is -0.287. The maximum Gasteiger partial charge on any atom is 0.327 e. The Kier molecular flexibility index (Phi) is 6.85. The summed E-state index contributed by atoms with van der Waals surface area (Å²) in [6.45, 7) is 9.86. The highest BCUT2D eigenvalue weighted by Gasteiger charge is 2.44. The monoisotopic (exact) mass is 506 g/mol. The van der Waals surface area contributed by atoms with Crippen molar-refractivity contribution in [2.45, 2.75) is 38.3 Å². The number of urea groups is 1. The first kappa shape index (κ1) is 24.5. The zero-order valence-corrected chi connectivity index (χ0v) is 21.8. The van der Waals surface area contributed by atoms with Crippen LogP contribution in [0.2, 0.25) is 0 Å². The molecule has 3 fully saturated rings. The Balaban J connectivity index is 1.32. The first-order chi connectivity index (χ1) is 17.5. The number of thiazole rings is 1. The van der Waals surface area contributed by atoms with Crippen molar-refractivity contribution in [3.63, 3.8) is 0 Å². The molecule has 3 atom stereocenters. The number of piperidine rings is 1. The van der Waals surface area contributed by atoms with E-state index < -0.39 is 0 Å². The number of likely N-dealkylation sites (N-methyl/N-ethyl adjacent to an activating group) is 1. The zero-order chi connectivity index (χ0) is 25.3. The molecule has 5 rings (SSSR count). The standard InChI is InChI=1S/C27H34N6O2S/c1-4-9-21(32-15-8-12-27(18-32)13-14-28-17-27)19(5-2)29-24(34)20-16-36-25(30-20)33-23-11-7-6-10-22(23)31(3)26(33)35/h4-7,9-11,16,22-23,28H,1,8,12-15,17-18H2,2-3H3,(H,29,34)/b19-5+,21-9+. The lowest BCUT2D eigenvalue weighted by Gasteiger charge is -2.42. The van der Waals surface area contributed by atoms with Gasteiger partial charge in [-0.1, -0.05) is 43.0 Å². The number of rotatable bonds is 6. The fourth-order valence-corrected chi connectivity index (χ4v) is 6.64. The Morgan fingerprint density at radius 3 is 2.83 bits per heavy atom. The molecule has 1 aromatic heterocycles. The zero-order valence-electron chi connectivity index (χ0n) is 20.9. The maximum absolute atomic E-state index is 13.3. The van der Waals surface area contributed by atoms with Gasteiger partial charge in [0.25, 0.3) is 5.91 Å². The van der Waals surface area contributed by atoms with Crippen LogP contribution in [0, 0.1) is 5.41 Å². The van der Waals surface area contributed by atoms with Crippen LogP contribution in [0.25, 0.3) is 0 Å². The number of nitrogens with one attached hydrogen (secondary N) is 2. The molecule has 1 spiro atoms. The van der Waals surface area contributed by atoms with Crippen LogP contribution in [0.15, 0.2) is 65.9 Å². The molecular weight excluding hydrogens is 472 g/mol. The Morgan fingerprint density at radius 1 is 1.31 bits per heavy atom. The van der Waals surface area contributed by atoms with Gasteiger partial charge in [0.05, 0.1) is 23.5 Å². The lowest BCUT2D eigenvalue weighted by atomic mass is 9.79. The van der Waals surface area contributed by atoms with E-state index in [0.717, 1.165) is 44.0 Å². The Morgan fingerprint density at radius 2 is 2.11 bits per heavy atom. The van der Waals surface area contributed by atoms with E-state index >= 15 is 0 Å². The average molecular weight is 507 g/mol. The van der Waals surface area contributed by atoms with Crippen LogP contribution in [0.5, 0.6) is 0 Å². The molecule has 0 radical (unpaired) electrons. The van der Waals surface area contributed by atoms with Gasteiger partial charge in [-0.3, -0.25) is 9.69 Å². The summed E-state index contributed by atoms with van der Waals surface area (Å²) >= 11 is 1.31. The van der Waals surface area contributed by atoms with Gasteiger partial charge in [0.2, 0.25) is 0 Å². The van der Waals surface area contributed by atoms with Crippen LogP contribution in [0.1, 0.15) is 36.7 Å². The van der Waals surface area contributed by atoms with Crippen molar-refractivity contribution in [3.8, 4) is 0 Å². The molecule has 3 amide bonds. The number of hydrogen-bond donors (Lipinski definition) is 2. The molecule has 3 saturated heterocycles. The summed E-state index contributed by atoms with van der Waals surface area (Å²) in [7, 11) is 1.79. The van der Waals surface area contributed by atoms with Crippen molar-refractivity contribution < 1.29 is 9.59 Å². The normalized spacial score (nSPS) is 28.3. The topological polar surface area (TPSA) is 80.8 Å². The molecule has 0 aromatic carbocycles. The van der Waals surface area contributed by atoms with Crippen LogP contribution in [-0.2, 0) is 0 Å². The van der Waals surface area contributed by atoms with Crippen molar-refractivity contribution in [2.75, 3.05) is 38.1 Å². The highest BCUT2D eigenvalue weighted by molar-refractivity contribution is 7.14. The van der Waals surface area contributed by atoms with Crippen LogP contribution in [0.4, 0.5) is 9.93 Å². The molecule has 3 unspecified atom stereocenters. The van der Waals surface area contributed by atoms with Crippen LogP contribution in [0.3, 0.4) is 0 Å². The maximum atomic E-state index is 13.3. The predicted octanol–water partition coefficient (Wildman–Crippen LogP) is 3.66. The van der Waals surface area contributed by atoms with Crippen molar-refractivity contribution in [1.29, 1.82) is 0 Å². The number of hydrogen-bond acceptors (Lipinski definition) is 6. The van der Waals surface area contributed by atoms with E-state index in [0.29, 0.717) is 16.2 Å². The van der Waals surface area contributed by atoms with Gasteiger partial charge in [-0.25, -0.2) is 9.78 Å². The largest absolute Gasteiger partial charge is 0.369 e. The number of amides is 3. The lowest BCUT2D eigenvalue weighted by Crippen LogP contribution is -2.45. The molecule has 3 aliphatic heterocycles. The number of allylic oxidation sites excluding steroid dienone is 5. The van der Waals surface area contributed by atoms with Crippen LogP contribution in [-0.4, -0.2) is 72.0 Å². The van der Waals surface area contributed by atoms with Gasteiger partial charge < -0.3 is 20.4 Å². The highest BCUT2D eigenvalue weighted by Crippen LogP contribution is 2.38. The Labute approximate surface area is 216 Å². The minimum absolute atomic E-state index is 0.0344. The summed E-state index contributed by atoms with van der Waals surface area (Å²) in [6, 6.07) is -0.277. The van der Waals surface area contributed by atoms with Crippen LogP contribution >= 0.6 is 11.3 Å². The minimum atomic E-state index is -0.287. The fourth-order valence-electron chi connectivity index (χ4n) is 5.80. The van der Waals surface area contributed by atoms with Gasteiger partial charge in [-0.2, -0.15) is 0 Å². The molecule has 8 nitrogen and oxygen atoms in total. The molecule has 2 N–H and O–H groups in total. The van der Waals surface area contributed by atoms with Gasteiger partial charge in [0.1, 0.15) is 5.69 Å². The molecule has 1 aliphatic carbocycles. The highest BCUT2D eigenvalue weighted by atomic mass is 32.1. The number of nitrogens with zero attached hydrogens (tertiary/aromatic N) is 4. The number of carbonyl (C=O) groups is 2. The smallest absolute Gasteiger partial charge is 0.327 e. The van der Waals surface area contributed by atoms with Gasteiger partial charge in [-0.05, 0) is 38.8 Å². The van der Waals surface area contributed by atoms with E-state index in [1.165, 1.54) is 24.2 Å². The van der Waals surface area contributed by atoms with E-state index in [1.807, 2.05) is 43.4 Å². The van der Waals surface area contributed by atoms with Gasteiger partial charge in [-0.15, -0.1) is 11.3 Å². The quantitative estimate of drug-likeness (QED) is 0.576. The molecule has 36 heavy (non-hydrogen) atoms. The third-order valence-electron chi connectivity index (χ3n) is 7.68. The van der Waals surface area contributed by atoms with Crippen molar-refractivity contribution >= 4 is 28.4 Å². The van der Waals surface area contributed by atoms with Crippen molar-refractivity contribution in [1.82, 2.24) is 25.4 Å². The lowest BCUT2D eigenvalue weighted by molar-refractivity contribution is 0.0956. The van der Waals surface area contributed by atoms with Crippen molar-refractivity contribution in [3.05, 3.63) is 71.6 Å². The molecule has 1 aromatic rings. The SMILES string of the molecule is C=C/C=C(\C(=C/C)NC(=O)c1csc(N2C(=O)N(C)C3C=CC=CC32)n1)N1CCCC2(CCNC2)C1. The molecule has 0 bridgehead atoms. The van der Waals surface area contributed by atoms with Crippen LogP contribution < -0.4 is 15.5 Å². The van der Waals surface area contributed by atoms with Gasteiger partial charge in [0, 0.05) is 37.5 Å². The second-order valence-electron chi connectivity index (χ2n) is 9.93.